The lowest BCUT2D eigenvalue weighted by molar-refractivity contribution is -0.141. The van der Waals surface area contributed by atoms with Crippen molar-refractivity contribution in [3.63, 3.8) is 0 Å². The van der Waals surface area contributed by atoms with Gasteiger partial charge in [0, 0.05) is 29.3 Å². The minimum atomic E-state index is -4.51. The maximum Gasteiger partial charge on any atom is 0.433 e. The van der Waals surface area contributed by atoms with Crippen LogP contribution in [0.2, 0.25) is 0 Å². The van der Waals surface area contributed by atoms with Gasteiger partial charge >= 0.3 is 6.18 Å². The number of benzene rings is 1. The molecule has 0 unspecified atom stereocenters. The van der Waals surface area contributed by atoms with Crippen LogP contribution >= 0.6 is 0 Å². The molecule has 0 aliphatic rings. The summed E-state index contributed by atoms with van der Waals surface area (Å²) in [4.78, 5) is 11.9. The number of hydrogen-bond acceptors (Lipinski definition) is 4. The molecule has 0 radical (unpaired) electrons. The first-order valence-electron chi connectivity index (χ1n) is 8.95. The normalized spacial score (nSPS) is 11.7. The summed E-state index contributed by atoms with van der Waals surface area (Å²) in [7, 11) is 0. The summed E-state index contributed by atoms with van der Waals surface area (Å²) in [5.41, 5.74) is 3.46. The zero-order valence-electron chi connectivity index (χ0n) is 15.9. The topological polar surface area (TPSA) is 50.7 Å². The number of aromatic nitrogens is 3. The first kappa shape index (κ1) is 19.8. The molecule has 0 aliphatic heterocycles. The van der Waals surface area contributed by atoms with E-state index in [1.165, 1.54) is 0 Å². The van der Waals surface area contributed by atoms with Crippen LogP contribution in [0.3, 0.4) is 0 Å². The molecular weight excluding hydrogens is 365 g/mol. The van der Waals surface area contributed by atoms with Gasteiger partial charge in [0.2, 0.25) is 5.95 Å². The van der Waals surface area contributed by atoms with E-state index in [1.807, 2.05) is 43.5 Å². The van der Waals surface area contributed by atoms with Gasteiger partial charge < -0.3 is 5.32 Å². The van der Waals surface area contributed by atoms with E-state index in [4.69, 9.17) is 0 Å². The molecule has 0 fully saturated rings. The molecule has 146 valence electrons. The Morgan fingerprint density at radius 1 is 1.00 bits per heavy atom. The first-order valence-corrected chi connectivity index (χ1v) is 8.95. The zero-order chi connectivity index (χ0) is 20.3. The minimum absolute atomic E-state index is 0.100. The monoisotopic (exact) mass is 386 g/mol. The maximum absolute atomic E-state index is 12.8. The Hall–Kier alpha value is -2.96. The van der Waals surface area contributed by atoms with Crippen molar-refractivity contribution in [3.8, 4) is 11.1 Å². The second-order valence-corrected chi connectivity index (χ2v) is 7.11. The molecule has 0 saturated carbocycles. The third kappa shape index (κ3) is 5.06. The molecule has 1 aromatic carbocycles. The van der Waals surface area contributed by atoms with E-state index in [2.05, 4.69) is 34.1 Å². The van der Waals surface area contributed by atoms with Crippen molar-refractivity contribution in [1.29, 1.82) is 0 Å². The van der Waals surface area contributed by atoms with Gasteiger partial charge in [0.05, 0.1) is 0 Å². The number of rotatable bonds is 5. The summed E-state index contributed by atoms with van der Waals surface area (Å²) in [5, 5.41) is 2.86. The number of nitrogens with one attached hydrogen (secondary N) is 1. The molecule has 0 spiro atoms. The van der Waals surface area contributed by atoms with Crippen LogP contribution in [0.4, 0.5) is 24.8 Å². The van der Waals surface area contributed by atoms with Crippen LogP contribution < -0.4 is 5.32 Å². The van der Waals surface area contributed by atoms with Crippen molar-refractivity contribution in [3.05, 3.63) is 65.7 Å². The highest BCUT2D eigenvalue weighted by atomic mass is 19.4. The van der Waals surface area contributed by atoms with Gasteiger partial charge in [0.25, 0.3) is 0 Å². The molecule has 4 nitrogen and oxygen atoms in total. The number of anilines is 2. The first-order chi connectivity index (χ1) is 13.2. The fourth-order valence-electron chi connectivity index (χ4n) is 2.86. The second-order valence-electron chi connectivity index (χ2n) is 7.11. The Bertz CT molecular complexity index is 951. The highest BCUT2D eigenvalue weighted by Crippen LogP contribution is 2.29. The molecule has 3 aromatic rings. The van der Waals surface area contributed by atoms with Crippen molar-refractivity contribution in [1.82, 2.24) is 15.0 Å². The van der Waals surface area contributed by atoms with Crippen molar-refractivity contribution >= 4 is 11.6 Å². The van der Waals surface area contributed by atoms with Gasteiger partial charge in [-0.2, -0.15) is 13.2 Å². The molecule has 0 aliphatic carbocycles. The van der Waals surface area contributed by atoms with Gasteiger partial charge in [-0.3, -0.25) is 4.98 Å². The van der Waals surface area contributed by atoms with E-state index in [1.54, 1.807) is 0 Å². The number of hydrogen-bond donors (Lipinski definition) is 1. The van der Waals surface area contributed by atoms with Gasteiger partial charge in [-0.15, -0.1) is 0 Å². The largest absolute Gasteiger partial charge is 0.433 e. The summed E-state index contributed by atoms with van der Waals surface area (Å²) < 4.78 is 38.5. The SMILES string of the molecule is Cc1cc(Nc2nccc(C(F)(F)F)n2)cc(-c2ccc(CC(C)C)nc2)c1. The molecule has 0 saturated heterocycles. The number of aryl methyl sites for hydroxylation is 1. The summed E-state index contributed by atoms with van der Waals surface area (Å²) in [6, 6.07) is 10.5. The lowest BCUT2D eigenvalue weighted by Gasteiger charge is -2.11. The van der Waals surface area contributed by atoms with Crippen LogP contribution in [0.25, 0.3) is 11.1 Å². The number of pyridine rings is 1. The van der Waals surface area contributed by atoms with Gasteiger partial charge in [-0.05, 0) is 54.7 Å². The fourth-order valence-corrected chi connectivity index (χ4v) is 2.86. The molecule has 0 amide bonds. The molecule has 7 heteroatoms. The Labute approximate surface area is 161 Å². The molecule has 2 aromatic heterocycles. The van der Waals surface area contributed by atoms with Crippen molar-refractivity contribution in [2.45, 2.75) is 33.4 Å². The average Bonchev–Trinajstić information content (AvgIpc) is 2.61. The van der Waals surface area contributed by atoms with E-state index < -0.39 is 11.9 Å². The highest BCUT2D eigenvalue weighted by Gasteiger charge is 2.32. The summed E-state index contributed by atoms with van der Waals surface area (Å²) in [5.74, 6) is 0.428. The van der Waals surface area contributed by atoms with Crippen molar-refractivity contribution < 1.29 is 13.2 Å². The lowest BCUT2D eigenvalue weighted by Crippen LogP contribution is -2.10. The zero-order valence-corrected chi connectivity index (χ0v) is 15.9. The smallest absolute Gasteiger partial charge is 0.324 e. The average molecular weight is 386 g/mol. The summed E-state index contributed by atoms with van der Waals surface area (Å²) in [6.45, 7) is 6.20. The van der Waals surface area contributed by atoms with E-state index in [0.717, 1.165) is 41.1 Å². The van der Waals surface area contributed by atoms with Crippen LogP contribution in [-0.4, -0.2) is 15.0 Å². The van der Waals surface area contributed by atoms with E-state index in [0.29, 0.717) is 11.6 Å². The van der Waals surface area contributed by atoms with Crippen LogP contribution in [0.5, 0.6) is 0 Å². The van der Waals surface area contributed by atoms with Crippen LogP contribution in [0.15, 0.2) is 48.8 Å². The molecule has 28 heavy (non-hydrogen) atoms. The fraction of sp³-hybridized carbons (Fsp3) is 0.286. The predicted molar refractivity (Wildman–Crippen MR) is 103 cm³/mol. The third-order valence-corrected chi connectivity index (χ3v) is 4.05. The minimum Gasteiger partial charge on any atom is -0.324 e. The molecule has 2 heterocycles. The second kappa shape index (κ2) is 7.96. The Kier molecular flexibility index (Phi) is 5.63. The highest BCUT2D eigenvalue weighted by molar-refractivity contribution is 5.70. The lowest BCUT2D eigenvalue weighted by atomic mass is 10.0. The van der Waals surface area contributed by atoms with Crippen LogP contribution in [0.1, 0.15) is 30.8 Å². The Morgan fingerprint density at radius 3 is 2.43 bits per heavy atom. The quantitative estimate of drug-likeness (QED) is 0.601. The van der Waals surface area contributed by atoms with Crippen molar-refractivity contribution in [2.24, 2.45) is 5.92 Å². The number of alkyl halides is 3. The van der Waals surface area contributed by atoms with Gasteiger partial charge in [-0.1, -0.05) is 26.0 Å². The van der Waals surface area contributed by atoms with Crippen LogP contribution in [-0.2, 0) is 12.6 Å². The maximum atomic E-state index is 12.8. The van der Waals surface area contributed by atoms with E-state index in [-0.39, 0.29) is 5.95 Å². The summed E-state index contributed by atoms with van der Waals surface area (Å²) >= 11 is 0. The van der Waals surface area contributed by atoms with Crippen molar-refractivity contribution in [2.75, 3.05) is 5.32 Å². The van der Waals surface area contributed by atoms with Crippen LogP contribution in [0, 0.1) is 12.8 Å². The van der Waals surface area contributed by atoms with Gasteiger partial charge in [-0.25, -0.2) is 9.97 Å². The summed E-state index contributed by atoms with van der Waals surface area (Å²) in [6.07, 6.45) is -0.697. The van der Waals surface area contributed by atoms with E-state index in [9.17, 15) is 13.2 Å². The van der Waals surface area contributed by atoms with Gasteiger partial charge in [0.15, 0.2) is 0 Å². The number of halogens is 3. The van der Waals surface area contributed by atoms with E-state index >= 15 is 0 Å². The van der Waals surface area contributed by atoms with Gasteiger partial charge in [0.1, 0.15) is 5.69 Å². The standard InChI is InChI=1S/C21H21F3N4/c1-13(2)8-17-5-4-15(12-26-17)16-9-14(3)10-18(11-16)27-20-25-7-6-19(28-20)21(22,23)24/h4-7,9-13H,8H2,1-3H3,(H,25,27,28). The molecular formula is C21H21F3N4. The molecule has 3 rings (SSSR count). The Balaban J connectivity index is 1.86. The predicted octanol–water partition coefficient (Wildman–Crippen LogP) is 5.81. The molecule has 1 N–H and O–H groups in total. The third-order valence-electron chi connectivity index (χ3n) is 4.05. The molecule has 0 bridgehead atoms. The molecule has 0 atom stereocenters. The Morgan fingerprint density at radius 2 is 1.79 bits per heavy atom. The number of nitrogens with zero attached hydrogens (tertiary/aromatic N) is 3.